The quantitative estimate of drug-likeness (QED) is 0.852. The topological polar surface area (TPSA) is 21.3 Å². The molecule has 2 nitrogen and oxygen atoms in total. The van der Waals surface area contributed by atoms with E-state index in [4.69, 9.17) is 4.74 Å². The van der Waals surface area contributed by atoms with Crippen molar-refractivity contribution in [1.82, 2.24) is 5.32 Å². The van der Waals surface area contributed by atoms with Crippen LogP contribution in [0.3, 0.4) is 0 Å². The number of halogens is 1. The van der Waals surface area contributed by atoms with Gasteiger partial charge >= 0.3 is 0 Å². The minimum Gasteiger partial charge on any atom is -0.379 e. The largest absolute Gasteiger partial charge is 0.379 e. The Morgan fingerprint density at radius 2 is 1.94 bits per heavy atom. The molecule has 0 aliphatic heterocycles. The highest BCUT2D eigenvalue weighted by molar-refractivity contribution is 5.30. The van der Waals surface area contributed by atoms with E-state index in [9.17, 15) is 4.39 Å². The number of ether oxygens (including phenoxy) is 1. The molecule has 0 spiro atoms. The van der Waals surface area contributed by atoms with E-state index in [1.54, 1.807) is 13.2 Å². The van der Waals surface area contributed by atoms with Crippen LogP contribution in [-0.2, 0) is 4.74 Å². The van der Waals surface area contributed by atoms with Gasteiger partial charge < -0.3 is 10.1 Å². The molecule has 17 heavy (non-hydrogen) atoms. The fourth-order valence-corrected chi connectivity index (χ4v) is 2.28. The predicted octanol–water partition coefficient (Wildman–Crippen LogP) is 3.07. The van der Waals surface area contributed by atoms with Gasteiger partial charge in [-0.3, -0.25) is 0 Å². The number of benzene rings is 1. The van der Waals surface area contributed by atoms with Gasteiger partial charge in [0.1, 0.15) is 5.82 Å². The van der Waals surface area contributed by atoms with Crippen molar-refractivity contribution in [2.75, 3.05) is 14.2 Å². The number of likely N-dealkylation sites (N-methyl/N-ethyl adjacent to an activating group) is 1. The van der Waals surface area contributed by atoms with E-state index in [2.05, 4.69) is 19.2 Å². The van der Waals surface area contributed by atoms with Crippen molar-refractivity contribution in [3.63, 3.8) is 0 Å². The van der Waals surface area contributed by atoms with Crippen LogP contribution in [0.2, 0.25) is 0 Å². The first-order chi connectivity index (χ1) is 8.01. The van der Waals surface area contributed by atoms with Crippen molar-refractivity contribution in [3.05, 3.63) is 35.1 Å². The van der Waals surface area contributed by atoms with Crippen LogP contribution in [0.4, 0.5) is 4.39 Å². The summed E-state index contributed by atoms with van der Waals surface area (Å²) >= 11 is 0. The molecule has 2 unspecified atom stereocenters. The average molecular weight is 239 g/mol. The lowest BCUT2D eigenvalue weighted by Gasteiger charge is -2.30. The number of rotatable bonds is 5. The summed E-state index contributed by atoms with van der Waals surface area (Å²) in [6.45, 7) is 6.17. The molecular weight excluding hydrogens is 217 g/mol. The third kappa shape index (κ3) is 3.27. The molecule has 0 aliphatic rings. The maximum absolute atomic E-state index is 13.1. The third-order valence-electron chi connectivity index (χ3n) is 3.14. The highest BCUT2D eigenvalue weighted by atomic mass is 19.1. The van der Waals surface area contributed by atoms with E-state index in [0.717, 1.165) is 11.1 Å². The maximum Gasteiger partial charge on any atom is 0.123 e. The number of aryl methyl sites for hydroxylation is 1. The maximum atomic E-state index is 13.1. The molecular formula is C14H22FNO. The third-order valence-corrected chi connectivity index (χ3v) is 3.14. The van der Waals surface area contributed by atoms with E-state index in [-0.39, 0.29) is 18.0 Å². The van der Waals surface area contributed by atoms with Crippen LogP contribution >= 0.6 is 0 Å². The van der Waals surface area contributed by atoms with Gasteiger partial charge in [-0.25, -0.2) is 4.39 Å². The average Bonchev–Trinajstić information content (AvgIpc) is 2.26. The molecule has 2 atom stereocenters. The van der Waals surface area contributed by atoms with Crippen molar-refractivity contribution in [2.24, 2.45) is 5.92 Å². The Labute approximate surface area is 103 Å². The van der Waals surface area contributed by atoms with Crippen molar-refractivity contribution in [1.29, 1.82) is 0 Å². The smallest absolute Gasteiger partial charge is 0.123 e. The van der Waals surface area contributed by atoms with Gasteiger partial charge in [0.05, 0.1) is 12.1 Å². The second-order valence-corrected chi connectivity index (χ2v) is 4.71. The number of hydrogen-bond acceptors (Lipinski definition) is 2. The highest BCUT2D eigenvalue weighted by Crippen LogP contribution is 2.26. The minimum absolute atomic E-state index is 0.0733. The van der Waals surface area contributed by atoms with Crippen LogP contribution in [0.5, 0.6) is 0 Å². The van der Waals surface area contributed by atoms with Crippen molar-refractivity contribution in [3.8, 4) is 0 Å². The fourth-order valence-electron chi connectivity index (χ4n) is 2.28. The SMILES string of the molecule is CNC(c1ccc(F)cc1C)C(OC)C(C)C. The zero-order chi connectivity index (χ0) is 13.0. The van der Waals surface area contributed by atoms with Crippen LogP contribution in [0, 0.1) is 18.7 Å². The summed E-state index contributed by atoms with van der Waals surface area (Å²) in [6.07, 6.45) is 0.0733. The monoisotopic (exact) mass is 239 g/mol. The standard InChI is InChI=1S/C14H22FNO/c1-9(2)14(17-5)13(16-4)12-7-6-11(15)8-10(12)3/h6-9,13-14,16H,1-5H3. The van der Waals surface area contributed by atoms with E-state index in [1.807, 2.05) is 20.0 Å². The summed E-state index contributed by atoms with van der Waals surface area (Å²) < 4.78 is 18.7. The lowest BCUT2D eigenvalue weighted by atomic mass is 9.91. The Morgan fingerprint density at radius 1 is 1.29 bits per heavy atom. The lowest BCUT2D eigenvalue weighted by Crippen LogP contribution is -2.35. The summed E-state index contributed by atoms with van der Waals surface area (Å²) in [7, 11) is 3.62. The summed E-state index contributed by atoms with van der Waals surface area (Å²) in [6, 6.07) is 4.98. The van der Waals surface area contributed by atoms with Gasteiger partial charge in [0.2, 0.25) is 0 Å². The second kappa shape index (κ2) is 6.12. The molecule has 0 saturated heterocycles. The summed E-state index contributed by atoms with van der Waals surface area (Å²) in [5, 5.41) is 3.26. The molecule has 3 heteroatoms. The number of hydrogen-bond donors (Lipinski definition) is 1. The zero-order valence-electron chi connectivity index (χ0n) is 11.3. The molecule has 0 fully saturated rings. The molecule has 0 saturated carbocycles. The molecule has 1 aromatic carbocycles. The Kier molecular flexibility index (Phi) is 5.09. The van der Waals surface area contributed by atoms with E-state index in [1.165, 1.54) is 6.07 Å². The van der Waals surface area contributed by atoms with Crippen LogP contribution < -0.4 is 5.32 Å². The molecule has 0 bridgehead atoms. The molecule has 0 heterocycles. The zero-order valence-corrected chi connectivity index (χ0v) is 11.3. The second-order valence-electron chi connectivity index (χ2n) is 4.71. The van der Waals surface area contributed by atoms with Crippen LogP contribution in [0.25, 0.3) is 0 Å². The molecule has 0 aromatic heterocycles. The van der Waals surface area contributed by atoms with Crippen molar-refractivity contribution < 1.29 is 9.13 Å². The molecule has 0 radical (unpaired) electrons. The minimum atomic E-state index is -0.195. The highest BCUT2D eigenvalue weighted by Gasteiger charge is 2.25. The Hall–Kier alpha value is -0.930. The molecule has 96 valence electrons. The first-order valence-electron chi connectivity index (χ1n) is 5.97. The molecule has 1 rings (SSSR count). The normalized spacial score (nSPS) is 15.0. The molecule has 1 N–H and O–H groups in total. The Morgan fingerprint density at radius 3 is 2.35 bits per heavy atom. The molecule has 1 aromatic rings. The van der Waals surface area contributed by atoms with E-state index >= 15 is 0 Å². The number of methoxy groups -OCH3 is 1. The predicted molar refractivity (Wildman–Crippen MR) is 68.6 cm³/mol. The van der Waals surface area contributed by atoms with Crippen LogP contribution in [0.15, 0.2) is 18.2 Å². The first-order valence-corrected chi connectivity index (χ1v) is 5.97. The van der Waals surface area contributed by atoms with Gasteiger partial charge in [-0.2, -0.15) is 0 Å². The van der Waals surface area contributed by atoms with E-state index in [0.29, 0.717) is 5.92 Å². The molecule has 0 aliphatic carbocycles. The van der Waals surface area contributed by atoms with Crippen molar-refractivity contribution in [2.45, 2.75) is 32.9 Å². The van der Waals surface area contributed by atoms with Gasteiger partial charge in [0, 0.05) is 7.11 Å². The number of nitrogens with one attached hydrogen (secondary N) is 1. The molecule has 0 amide bonds. The van der Waals surface area contributed by atoms with Crippen molar-refractivity contribution >= 4 is 0 Å². The Balaban J connectivity index is 3.08. The van der Waals surface area contributed by atoms with Gasteiger partial charge in [0.15, 0.2) is 0 Å². The fraction of sp³-hybridized carbons (Fsp3) is 0.571. The van der Waals surface area contributed by atoms with Gasteiger partial charge in [-0.15, -0.1) is 0 Å². The summed E-state index contributed by atoms with van der Waals surface area (Å²) in [5.74, 6) is 0.196. The Bertz CT molecular complexity index is 365. The van der Waals surface area contributed by atoms with Gasteiger partial charge in [-0.1, -0.05) is 19.9 Å². The van der Waals surface area contributed by atoms with Crippen LogP contribution in [0.1, 0.15) is 31.0 Å². The van der Waals surface area contributed by atoms with Crippen LogP contribution in [-0.4, -0.2) is 20.3 Å². The summed E-state index contributed by atoms with van der Waals surface area (Å²) in [5.41, 5.74) is 2.04. The summed E-state index contributed by atoms with van der Waals surface area (Å²) in [4.78, 5) is 0. The lowest BCUT2D eigenvalue weighted by molar-refractivity contribution is 0.0346. The first kappa shape index (κ1) is 14.1. The van der Waals surface area contributed by atoms with E-state index < -0.39 is 0 Å². The van der Waals surface area contributed by atoms with Gasteiger partial charge in [-0.05, 0) is 43.1 Å². The van der Waals surface area contributed by atoms with Gasteiger partial charge in [0.25, 0.3) is 0 Å².